The molecule has 4 aromatic carbocycles. The first kappa shape index (κ1) is 21.7. The fourth-order valence-electron chi connectivity index (χ4n) is 3.52. The molecule has 0 saturated carbocycles. The van der Waals surface area contributed by atoms with Crippen molar-refractivity contribution >= 4 is 28.4 Å². The minimum Gasteiger partial charge on any atom is -0.493 e. The summed E-state index contributed by atoms with van der Waals surface area (Å²) in [5.74, 6) is 0.156. The van der Waals surface area contributed by atoms with Gasteiger partial charge in [-0.1, -0.05) is 54.6 Å². The molecule has 0 bridgehead atoms. The third kappa shape index (κ3) is 5.03. The molecular weight excluding hydrogens is 414 g/mol. The number of nitriles is 1. The van der Waals surface area contributed by atoms with Crippen molar-refractivity contribution in [1.82, 2.24) is 0 Å². The Bertz CT molecular complexity index is 1380. The quantitative estimate of drug-likeness (QED) is 0.277. The molecule has 4 rings (SSSR count). The lowest BCUT2D eigenvalue weighted by Crippen LogP contribution is -1.98. The van der Waals surface area contributed by atoms with Crippen LogP contribution in [0.15, 0.2) is 84.9 Å². The first-order chi connectivity index (χ1) is 16.1. The second-order valence-electron chi connectivity index (χ2n) is 7.43. The molecular formula is C28H21NO4. The van der Waals surface area contributed by atoms with Crippen LogP contribution in [0.25, 0.3) is 22.4 Å². The highest BCUT2D eigenvalue weighted by Crippen LogP contribution is 2.31. The fourth-order valence-corrected chi connectivity index (χ4v) is 3.52. The summed E-state index contributed by atoms with van der Waals surface area (Å²) in [7, 11) is 1.57. The summed E-state index contributed by atoms with van der Waals surface area (Å²) in [6, 6.07) is 28.2. The van der Waals surface area contributed by atoms with Crippen molar-refractivity contribution in [3.63, 3.8) is 0 Å². The molecule has 1 N–H and O–H groups in total. The largest absolute Gasteiger partial charge is 0.493 e. The maximum absolute atomic E-state index is 11.0. The van der Waals surface area contributed by atoms with Crippen molar-refractivity contribution in [3.05, 3.63) is 107 Å². The number of allylic oxidation sites excluding steroid dienone is 1. The van der Waals surface area contributed by atoms with E-state index in [0.29, 0.717) is 29.2 Å². The fraction of sp³-hybridized carbons (Fsp3) is 0.0714. The number of hydrogen-bond acceptors (Lipinski definition) is 4. The van der Waals surface area contributed by atoms with Crippen molar-refractivity contribution in [1.29, 1.82) is 5.26 Å². The normalized spacial score (nSPS) is 11.1. The van der Waals surface area contributed by atoms with Crippen LogP contribution in [0.3, 0.4) is 0 Å². The summed E-state index contributed by atoms with van der Waals surface area (Å²) < 4.78 is 11.5. The van der Waals surface area contributed by atoms with E-state index in [-0.39, 0.29) is 5.56 Å². The SMILES string of the molecule is COc1cc(/C=C(/C#N)c2ccc(C(=O)O)cc2)ccc1OCc1ccc2ccccc2c1. The molecule has 0 radical (unpaired) electrons. The Hall–Kier alpha value is -4.56. The minimum atomic E-state index is -1.01. The zero-order valence-corrected chi connectivity index (χ0v) is 18.0. The van der Waals surface area contributed by atoms with Gasteiger partial charge in [-0.2, -0.15) is 5.26 Å². The number of carboxylic acid groups (broad SMARTS) is 1. The number of benzene rings is 4. The Balaban J connectivity index is 1.53. The molecule has 0 unspecified atom stereocenters. The smallest absolute Gasteiger partial charge is 0.335 e. The molecule has 0 atom stereocenters. The Morgan fingerprint density at radius 3 is 2.33 bits per heavy atom. The molecule has 4 aromatic rings. The zero-order chi connectivity index (χ0) is 23.2. The number of carbonyl (C=O) groups is 1. The molecule has 0 amide bonds. The molecule has 0 spiro atoms. The highest BCUT2D eigenvalue weighted by molar-refractivity contribution is 5.92. The molecule has 5 heteroatoms. The molecule has 0 aliphatic heterocycles. The lowest BCUT2D eigenvalue weighted by atomic mass is 10.0. The van der Waals surface area contributed by atoms with E-state index in [1.165, 1.54) is 17.5 Å². The number of fused-ring (bicyclic) bond motifs is 1. The van der Waals surface area contributed by atoms with E-state index in [9.17, 15) is 10.1 Å². The van der Waals surface area contributed by atoms with E-state index in [1.807, 2.05) is 30.3 Å². The van der Waals surface area contributed by atoms with Crippen LogP contribution in [-0.4, -0.2) is 18.2 Å². The van der Waals surface area contributed by atoms with Crippen molar-refractivity contribution in [3.8, 4) is 17.6 Å². The zero-order valence-electron chi connectivity index (χ0n) is 18.0. The van der Waals surface area contributed by atoms with Gasteiger partial charge in [-0.25, -0.2) is 4.79 Å². The molecule has 0 aromatic heterocycles. The average molecular weight is 435 g/mol. The number of rotatable bonds is 7. The summed E-state index contributed by atoms with van der Waals surface area (Å²) in [5, 5.41) is 21.0. The molecule has 0 aliphatic rings. The number of carboxylic acids is 1. The Morgan fingerprint density at radius 1 is 0.909 bits per heavy atom. The summed E-state index contributed by atoms with van der Waals surface area (Å²) in [6.07, 6.45) is 1.73. The lowest BCUT2D eigenvalue weighted by molar-refractivity contribution is 0.0697. The molecule has 0 heterocycles. The first-order valence-corrected chi connectivity index (χ1v) is 10.3. The molecule has 0 aliphatic carbocycles. The van der Waals surface area contributed by atoms with Gasteiger partial charge in [-0.05, 0) is 63.9 Å². The summed E-state index contributed by atoms with van der Waals surface area (Å²) in [6.45, 7) is 0.399. The van der Waals surface area contributed by atoms with Crippen molar-refractivity contribution in [2.24, 2.45) is 0 Å². The van der Waals surface area contributed by atoms with Crippen LogP contribution in [0.1, 0.15) is 27.0 Å². The van der Waals surface area contributed by atoms with Gasteiger partial charge in [0.15, 0.2) is 11.5 Å². The van der Waals surface area contributed by atoms with Gasteiger partial charge >= 0.3 is 5.97 Å². The van der Waals surface area contributed by atoms with Gasteiger partial charge in [-0.15, -0.1) is 0 Å². The molecule has 0 fully saturated rings. The van der Waals surface area contributed by atoms with Gasteiger partial charge in [0.1, 0.15) is 6.61 Å². The van der Waals surface area contributed by atoms with E-state index < -0.39 is 5.97 Å². The highest BCUT2D eigenvalue weighted by atomic mass is 16.5. The monoisotopic (exact) mass is 435 g/mol. The van der Waals surface area contributed by atoms with Gasteiger partial charge in [-0.3, -0.25) is 0 Å². The summed E-state index contributed by atoms with van der Waals surface area (Å²) in [4.78, 5) is 11.0. The molecule has 5 nitrogen and oxygen atoms in total. The van der Waals surface area contributed by atoms with E-state index >= 15 is 0 Å². The Morgan fingerprint density at radius 2 is 1.64 bits per heavy atom. The molecule has 162 valence electrons. The topological polar surface area (TPSA) is 79.5 Å². The number of ether oxygens (including phenoxy) is 2. The van der Waals surface area contributed by atoms with Gasteiger partial charge in [0.05, 0.1) is 24.3 Å². The van der Waals surface area contributed by atoms with Gasteiger partial charge in [0.25, 0.3) is 0 Å². The van der Waals surface area contributed by atoms with Crippen LogP contribution in [0.4, 0.5) is 0 Å². The van der Waals surface area contributed by atoms with Crippen LogP contribution in [-0.2, 0) is 6.61 Å². The highest BCUT2D eigenvalue weighted by Gasteiger charge is 2.09. The lowest BCUT2D eigenvalue weighted by Gasteiger charge is -2.12. The summed E-state index contributed by atoms with van der Waals surface area (Å²) in [5.41, 5.74) is 3.04. The number of aromatic carboxylic acids is 1. The Kier molecular flexibility index (Phi) is 6.38. The van der Waals surface area contributed by atoms with Crippen LogP contribution in [0.2, 0.25) is 0 Å². The number of methoxy groups -OCH3 is 1. The van der Waals surface area contributed by atoms with Crippen molar-refractivity contribution in [2.45, 2.75) is 6.61 Å². The maximum atomic E-state index is 11.0. The third-order valence-electron chi connectivity index (χ3n) is 5.27. The number of hydrogen-bond donors (Lipinski definition) is 1. The van der Waals surface area contributed by atoms with Crippen LogP contribution in [0, 0.1) is 11.3 Å². The van der Waals surface area contributed by atoms with Crippen LogP contribution in [0.5, 0.6) is 11.5 Å². The second-order valence-corrected chi connectivity index (χ2v) is 7.43. The molecule has 0 saturated heterocycles. The first-order valence-electron chi connectivity index (χ1n) is 10.3. The minimum absolute atomic E-state index is 0.172. The predicted molar refractivity (Wildman–Crippen MR) is 128 cm³/mol. The van der Waals surface area contributed by atoms with Crippen molar-refractivity contribution < 1.29 is 19.4 Å². The van der Waals surface area contributed by atoms with Gasteiger partial charge in [0, 0.05) is 0 Å². The standard InChI is InChI=1S/C28H21NO4/c1-32-27-16-19(14-25(17-29)22-9-11-23(12-10-22)28(30)31)7-13-26(27)33-18-20-6-8-21-4-2-3-5-24(21)15-20/h2-16H,18H2,1H3,(H,30,31)/b25-14-. The average Bonchev–Trinajstić information content (AvgIpc) is 2.86. The van der Waals surface area contributed by atoms with Crippen LogP contribution < -0.4 is 9.47 Å². The summed E-state index contributed by atoms with van der Waals surface area (Å²) >= 11 is 0. The van der Waals surface area contributed by atoms with Crippen LogP contribution >= 0.6 is 0 Å². The van der Waals surface area contributed by atoms with E-state index in [1.54, 1.807) is 31.4 Å². The molecule has 33 heavy (non-hydrogen) atoms. The van der Waals surface area contributed by atoms with E-state index in [0.717, 1.165) is 16.5 Å². The van der Waals surface area contributed by atoms with Gasteiger partial charge in [0.2, 0.25) is 0 Å². The maximum Gasteiger partial charge on any atom is 0.335 e. The predicted octanol–water partition coefficient (Wildman–Crippen LogP) is 6.19. The van der Waals surface area contributed by atoms with Gasteiger partial charge < -0.3 is 14.6 Å². The third-order valence-corrected chi connectivity index (χ3v) is 5.27. The van der Waals surface area contributed by atoms with E-state index in [2.05, 4.69) is 30.3 Å². The van der Waals surface area contributed by atoms with E-state index in [4.69, 9.17) is 14.6 Å². The Labute approximate surface area is 191 Å². The van der Waals surface area contributed by atoms with Crippen molar-refractivity contribution in [2.75, 3.05) is 7.11 Å². The number of nitrogens with zero attached hydrogens (tertiary/aromatic N) is 1. The second kappa shape index (κ2) is 9.71.